The van der Waals surface area contributed by atoms with Crippen molar-refractivity contribution < 1.29 is 4.74 Å². The topological polar surface area (TPSA) is 81.6 Å². The molecule has 0 spiro atoms. The summed E-state index contributed by atoms with van der Waals surface area (Å²) in [4.78, 5) is 15.6. The van der Waals surface area contributed by atoms with Crippen LogP contribution in [0, 0.1) is 0 Å². The zero-order valence-electron chi connectivity index (χ0n) is 15.7. The number of imidazole rings is 1. The van der Waals surface area contributed by atoms with Crippen LogP contribution in [-0.4, -0.2) is 40.6 Å². The number of hydrogen-bond donors (Lipinski definition) is 1. The number of halogens is 1. The predicted octanol–water partition coefficient (Wildman–Crippen LogP) is 3.77. The van der Waals surface area contributed by atoms with Crippen molar-refractivity contribution in [2.24, 2.45) is 0 Å². The van der Waals surface area contributed by atoms with Gasteiger partial charge < -0.3 is 15.4 Å². The molecule has 3 heterocycles. The summed E-state index contributed by atoms with van der Waals surface area (Å²) < 4.78 is 7.47. The second-order valence-electron chi connectivity index (χ2n) is 6.42. The number of pyridine rings is 1. The molecule has 8 heteroatoms. The highest BCUT2D eigenvalue weighted by Gasteiger charge is 2.20. The minimum absolute atomic E-state index is 0.378. The molecule has 0 atom stereocenters. The van der Waals surface area contributed by atoms with Gasteiger partial charge in [-0.15, -0.1) is 0 Å². The van der Waals surface area contributed by atoms with Crippen molar-refractivity contribution in [2.75, 3.05) is 31.8 Å². The molecule has 1 aromatic carbocycles. The molecule has 0 aliphatic heterocycles. The zero-order chi connectivity index (χ0) is 19.8. The van der Waals surface area contributed by atoms with Gasteiger partial charge in [-0.3, -0.25) is 4.40 Å². The van der Waals surface area contributed by atoms with Crippen molar-refractivity contribution in [3.63, 3.8) is 0 Å². The first-order chi connectivity index (χ1) is 13.5. The van der Waals surface area contributed by atoms with Crippen LogP contribution in [0.15, 0.2) is 48.8 Å². The van der Waals surface area contributed by atoms with Crippen molar-refractivity contribution in [1.82, 2.24) is 19.4 Å². The predicted molar refractivity (Wildman–Crippen MR) is 112 cm³/mol. The number of rotatable bonds is 4. The van der Waals surface area contributed by atoms with Gasteiger partial charge in [-0.25, -0.2) is 15.0 Å². The molecule has 3 aromatic heterocycles. The number of methoxy groups -OCH3 is 1. The summed E-state index contributed by atoms with van der Waals surface area (Å²) in [5.41, 5.74) is 10.4. The van der Waals surface area contributed by atoms with Crippen LogP contribution in [-0.2, 0) is 0 Å². The average molecular weight is 395 g/mol. The van der Waals surface area contributed by atoms with Crippen LogP contribution in [0.2, 0.25) is 5.15 Å². The van der Waals surface area contributed by atoms with Crippen LogP contribution in [0.5, 0.6) is 5.75 Å². The molecule has 0 unspecified atom stereocenters. The van der Waals surface area contributed by atoms with E-state index < -0.39 is 0 Å². The van der Waals surface area contributed by atoms with Gasteiger partial charge in [0.05, 0.1) is 29.7 Å². The Morgan fingerprint density at radius 1 is 1.11 bits per heavy atom. The summed E-state index contributed by atoms with van der Waals surface area (Å²) >= 11 is 6.42. The first-order valence-electron chi connectivity index (χ1n) is 8.61. The first kappa shape index (κ1) is 18.1. The van der Waals surface area contributed by atoms with E-state index in [0.717, 1.165) is 16.9 Å². The molecule has 0 amide bonds. The fraction of sp³-hybridized carbons (Fsp3) is 0.150. The minimum Gasteiger partial charge on any atom is -0.494 e. The van der Waals surface area contributed by atoms with Gasteiger partial charge in [-0.05, 0) is 30.3 Å². The van der Waals surface area contributed by atoms with E-state index >= 15 is 0 Å². The number of benzene rings is 1. The molecule has 142 valence electrons. The van der Waals surface area contributed by atoms with E-state index in [-0.39, 0.29) is 0 Å². The van der Waals surface area contributed by atoms with Crippen molar-refractivity contribution in [2.45, 2.75) is 0 Å². The Bertz CT molecular complexity index is 1170. The molecule has 2 N–H and O–H groups in total. The van der Waals surface area contributed by atoms with Crippen LogP contribution in [0.4, 0.5) is 11.4 Å². The van der Waals surface area contributed by atoms with Gasteiger partial charge in [-0.1, -0.05) is 17.7 Å². The number of nitrogens with two attached hydrogens (primary N) is 1. The summed E-state index contributed by atoms with van der Waals surface area (Å²) in [6.07, 6.45) is 3.59. The third-order valence-corrected chi connectivity index (χ3v) is 4.72. The van der Waals surface area contributed by atoms with Crippen LogP contribution >= 0.6 is 11.6 Å². The van der Waals surface area contributed by atoms with Gasteiger partial charge in [0, 0.05) is 26.5 Å². The summed E-state index contributed by atoms with van der Waals surface area (Å²) in [7, 11) is 5.47. The lowest BCUT2D eigenvalue weighted by atomic mass is 10.1. The highest BCUT2D eigenvalue weighted by atomic mass is 35.5. The largest absolute Gasteiger partial charge is 0.494 e. The van der Waals surface area contributed by atoms with E-state index in [0.29, 0.717) is 33.8 Å². The molecule has 0 radical (unpaired) electrons. The van der Waals surface area contributed by atoms with E-state index in [1.54, 1.807) is 19.4 Å². The van der Waals surface area contributed by atoms with E-state index in [2.05, 4.69) is 9.97 Å². The molecular formula is C20H19ClN6O. The maximum atomic E-state index is 6.42. The maximum Gasteiger partial charge on any atom is 0.165 e. The average Bonchev–Trinajstić information content (AvgIpc) is 3.03. The lowest BCUT2D eigenvalue weighted by Crippen LogP contribution is -2.12. The Morgan fingerprint density at radius 2 is 1.93 bits per heavy atom. The van der Waals surface area contributed by atoms with Gasteiger partial charge in [0.1, 0.15) is 11.3 Å². The van der Waals surface area contributed by atoms with Crippen LogP contribution in [0.1, 0.15) is 0 Å². The smallest absolute Gasteiger partial charge is 0.165 e. The first-order valence-corrected chi connectivity index (χ1v) is 8.99. The van der Waals surface area contributed by atoms with E-state index in [1.165, 1.54) is 0 Å². The molecule has 0 saturated carbocycles. The van der Waals surface area contributed by atoms with E-state index in [1.807, 2.05) is 59.9 Å². The quantitative estimate of drug-likeness (QED) is 0.530. The zero-order valence-corrected chi connectivity index (χ0v) is 16.5. The lowest BCUT2D eigenvalue weighted by Gasteiger charge is -2.20. The highest BCUT2D eigenvalue weighted by molar-refractivity contribution is 6.32. The van der Waals surface area contributed by atoms with Gasteiger partial charge >= 0.3 is 0 Å². The van der Waals surface area contributed by atoms with Crippen molar-refractivity contribution in [1.29, 1.82) is 0 Å². The molecule has 0 aliphatic carbocycles. The fourth-order valence-corrected chi connectivity index (χ4v) is 3.48. The Hall–Kier alpha value is -3.32. The standard InChI is InChI=1S/C20H19ClN6O/c1-26(2)14-8-7-12(22)18(28-3)16(14)20-23-10-9-13(24-20)17-19(21)25-15-6-4-5-11-27(15)17/h4-11H,22H2,1-3H3. The highest BCUT2D eigenvalue weighted by Crippen LogP contribution is 2.41. The molecule has 4 aromatic rings. The van der Waals surface area contributed by atoms with Crippen LogP contribution in [0.3, 0.4) is 0 Å². The lowest BCUT2D eigenvalue weighted by molar-refractivity contribution is 0.418. The van der Waals surface area contributed by atoms with Crippen LogP contribution in [0.25, 0.3) is 28.4 Å². The number of nitrogen functional groups attached to an aromatic ring is 1. The molecular weight excluding hydrogens is 376 g/mol. The minimum atomic E-state index is 0.378. The number of anilines is 2. The Balaban J connectivity index is 1.96. The van der Waals surface area contributed by atoms with Gasteiger partial charge in [-0.2, -0.15) is 0 Å². The van der Waals surface area contributed by atoms with E-state index in [9.17, 15) is 0 Å². The van der Waals surface area contributed by atoms with Crippen molar-refractivity contribution >= 4 is 28.6 Å². The molecule has 0 saturated heterocycles. The number of nitrogens with zero attached hydrogens (tertiary/aromatic N) is 5. The Morgan fingerprint density at radius 3 is 2.68 bits per heavy atom. The normalized spacial score (nSPS) is 11.0. The second-order valence-corrected chi connectivity index (χ2v) is 6.78. The van der Waals surface area contributed by atoms with Gasteiger partial charge in [0.25, 0.3) is 0 Å². The van der Waals surface area contributed by atoms with Crippen molar-refractivity contribution in [3.05, 3.63) is 53.9 Å². The number of ether oxygens (including phenoxy) is 1. The summed E-state index contributed by atoms with van der Waals surface area (Å²) in [6, 6.07) is 11.3. The third kappa shape index (κ3) is 2.90. The number of hydrogen-bond acceptors (Lipinski definition) is 6. The van der Waals surface area contributed by atoms with Crippen molar-refractivity contribution in [3.8, 4) is 28.5 Å². The maximum absolute atomic E-state index is 6.42. The molecule has 0 bridgehead atoms. The fourth-order valence-electron chi connectivity index (χ4n) is 3.20. The molecule has 28 heavy (non-hydrogen) atoms. The number of fused-ring (bicyclic) bond motifs is 1. The molecule has 0 fully saturated rings. The Kier molecular flexibility index (Phi) is 4.52. The molecule has 7 nitrogen and oxygen atoms in total. The van der Waals surface area contributed by atoms with Gasteiger partial charge in [0.15, 0.2) is 16.7 Å². The summed E-state index contributed by atoms with van der Waals surface area (Å²) in [5.74, 6) is 1.03. The van der Waals surface area contributed by atoms with Crippen LogP contribution < -0.4 is 15.4 Å². The molecule has 4 rings (SSSR count). The van der Waals surface area contributed by atoms with Gasteiger partial charge in [0.2, 0.25) is 0 Å². The monoisotopic (exact) mass is 394 g/mol. The molecule has 0 aliphatic rings. The Labute approximate surface area is 167 Å². The second kappa shape index (κ2) is 7.01. The summed E-state index contributed by atoms with van der Waals surface area (Å²) in [6.45, 7) is 0. The SMILES string of the molecule is COc1c(N)ccc(N(C)C)c1-c1nccc(-c2c(Cl)nc3ccccn23)n1. The third-order valence-electron chi connectivity index (χ3n) is 4.46. The summed E-state index contributed by atoms with van der Waals surface area (Å²) in [5, 5.41) is 0.378. The van der Waals surface area contributed by atoms with E-state index in [4.69, 9.17) is 27.1 Å². The number of aromatic nitrogens is 4.